The van der Waals surface area contributed by atoms with E-state index < -0.39 is 5.82 Å². The van der Waals surface area contributed by atoms with E-state index in [4.69, 9.17) is 14.8 Å². The van der Waals surface area contributed by atoms with E-state index in [-0.39, 0.29) is 30.5 Å². The fourth-order valence-corrected chi connectivity index (χ4v) is 7.29. The summed E-state index contributed by atoms with van der Waals surface area (Å²) in [5.74, 6) is 0.744. The largest absolute Gasteiger partial charge is 0.466 e. The molecule has 9 nitrogen and oxygen atoms in total. The number of ether oxygens (including phenoxy) is 1. The molecule has 7 rings (SSSR count). The number of aliphatic hydroxyl groups excluding tert-OH is 1. The molecule has 37 heavy (non-hydrogen) atoms. The van der Waals surface area contributed by atoms with Crippen molar-refractivity contribution in [3.05, 3.63) is 42.1 Å². The van der Waals surface area contributed by atoms with Crippen LogP contribution in [-0.4, -0.2) is 47.3 Å². The Labute approximate surface area is 228 Å². The second kappa shape index (κ2) is 10.0. The quantitative estimate of drug-likeness (QED) is 0.216. The normalized spacial score (nSPS) is 23.1. The smallest absolute Gasteiger partial charge is 0.311 e. The second-order valence-corrected chi connectivity index (χ2v) is 11.4. The van der Waals surface area contributed by atoms with Gasteiger partial charge in [0.25, 0.3) is 0 Å². The van der Waals surface area contributed by atoms with Gasteiger partial charge in [0.05, 0.1) is 25.3 Å². The molecule has 12 heteroatoms. The Morgan fingerprint density at radius 3 is 2.78 bits per heavy atom. The molecule has 3 aliphatic carbocycles. The average molecular weight is 636 g/mol. The van der Waals surface area contributed by atoms with Crippen molar-refractivity contribution >= 4 is 58.7 Å². The monoisotopic (exact) mass is 636 g/mol. The highest BCUT2D eigenvalue weighted by atomic mass is 127. The van der Waals surface area contributed by atoms with Gasteiger partial charge in [0, 0.05) is 59.7 Å². The summed E-state index contributed by atoms with van der Waals surface area (Å²) in [4.78, 5) is 22.2. The number of nitrogens with zero attached hydrogens (tertiary/aromatic N) is 5. The predicted molar refractivity (Wildman–Crippen MR) is 148 cm³/mol. The Morgan fingerprint density at radius 2 is 2.05 bits per heavy atom. The van der Waals surface area contributed by atoms with Gasteiger partial charge in [0.2, 0.25) is 0 Å². The lowest BCUT2D eigenvalue weighted by Gasteiger charge is -2.47. The highest BCUT2D eigenvalue weighted by molar-refractivity contribution is 14.2. The number of esters is 1. The van der Waals surface area contributed by atoms with Crippen LogP contribution in [0.5, 0.6) is 0 Å². The molecule has 4 aromatic rings. The van der Waals surface area contributed by atoms with Crippen LogP contribution in [0.3, 0.4) is 0 Å². The summed E-state index contributed by atoms with van der Waals surface area (Å²) in [5.41, 5.74) is 2.65. The molecule has 0 unspecified atom stereocenters. The minimum absolute atomic E-state index is 0.115. The van der Waals surface area contributed by atoms with Gasteiger partial charge in [-0.2, -0.15) is 0 Å². The molecule has 2 N–H and O–H groups in total. The topological polar surface area (TPSA) is 107 Å². The number of hydrogen-bond donors (Lipinski definition) is 2. The molecule has 3 saturated carbocycles. The molecular weight excluding hydrogens is 610 g/mol. The molecule has 0 radical (unpaired) electrons. The van der Waals surface area contributed by atoms with Crippen LogP contribution in [0.25, 0.3) is 27.9 Å². The number of hydrogen-bond acceptors (Lipinski definition) is 8. The first-order chi connectivity index (χ1) is 18.0. The van der Waals surface area contributed by atoms with E-state index in [0.29, 0.717) is 51.8 Å². The van der Waals surface area contributed by atoms with Gasteiger partial charge < -0.3 is 15.2 Å². The first-order valence-electron chi connectivity index (χ1n) is 12.4. The summed E-state index contributed by atoms with van der Waals surface area (Å²) < 4.78 is 23.2. The van der Waals surface area contributed by atoms with E-state index in [0.717, 1.165) is 25.7 Å². The van der Waals surface area contributed by atoms with E-state index in [1.807, 2.05) is 23.2 Å². The summed E-state index contributed by atoms with van der Waals surface area (Å²) in [6.45, 7) is 2.04. The lowest BCUT2D eigenvalue weighted by molar-refractivity contribution is -0.154. The van der Waals surface area contributed by atoms with Crippen LogP contribution in [0, 0.1) is 23.6 Å². The Hall–Kier alpha value is -2.45. The Kier molecular flexibility index (Phi) is 6.74. The van der Waals surface area contributed by atoms with Crippen molar-refractivity contribution in [1.82, 2.24) is 23.6 Å². The first-order valence-corrected chi connectivity index (χ1v) is 15.7. The molecule has 3 fully saturated rings. The number of aliphatic hydroxyl groups is 1. The molecule has 4 aromatic heterocycles. The number of aromatic nitrogens is 5. The van der Waals surface area contributed by atoms with Gasteiger partial charge in [0.1, 0.15) is 11.3 Å². The van der Waals surface area contributed by atoms with Crippen molar-refractivity contribution in [3.8, 4) is 11.4 Å². The maximum absolute atomic E-state index is 14.2. The van der Waals surface area contributed by atoms with Crippen LogP contribution >= 0.6 is 30.3 Å². The molecule has 3 aliphatic rings. The summed E-state index contributed by atoms with van der Waals surface area (Å²) in [7, 11) is 1.42. The zero-order valence-electron chi connectivity index (χ0n) is 20.1. The summed E-state index contributed by atoms with van der Waals surface area (Å²) in [6, 6.07) is 3.17. The molecular formula is C25H26FIN6O3S. The summed E-state index contributed by atoms with van der Waals surface area (Å²) in [5, 5.41) is 18.7. The number of carbonyl (C=O) groups excluding carboxylic acids is 1. The Morgan fingerprint density at radius 1 is 1.27 bits per heavy atom. The summed E-state index contributed by atoms with van der Waals surface area (Å²) >= 11 is 2.15. The van der Waals surface area contributed by atoms with Crippen LogP contribution < -0.4 is 5.32 Å². The number of anilines is 1. The lowest BCUT2D eigenvalue weighted by atomic mass is 9.61. The maximum atomic E-state index is 14.2. The number of fused-ring (bicyclic) bond motifs is 5. The minimum atomic E-state index is -0.441. The van der Waals surface area contributed by atoms with Gasteiger partial charge in [-0.3, -0.25) is 8.77 Å². The zero-order valence-corrected chi connectivity index (χ0v) is 23.1. The number of rotatable bonds is 7. The van der Waals surface area contributed by atoms with E-state index in [2.05, 4.69) is 31.5 Å². The van der Waals surface area contributed by atoms with E-state index in [9.17, 15) is 14.3 Å². The maximum Gasteiger partial charge on any atom is 0.311 e. The molecule has 2 bridgehead atoms. The second-order valence-electron chi connectivity index (χ2n) is 9.71. The van der Waals surface area contributed by atoms with Gasteiger partial charge in [-0.25, -0.2) is 18.9 Å². The Balaban J connectivity index is 1.48. The summed E-state index contributed by atoms with van der Waals surface area (Å²) in [6.07, 6.45) is 8.97. The average Bonchev–Trinajstić information content (AvgIpc) is 3.50. The highest BCUT2D eigenvalue weighted by Crippen LogP contribution is 2.47. The van der Waals surface area contributed by atoms with Gasteiger partial charge in [-0.05, 0) is 62.1 Å². The Bertz CT molecular complexity index is 1480. The number of halogens is 2. The lowest BCUT2D eigenvalue weighted by Crippen LogP contribution is -2.52. The molecule has 0 aliphatic heterocycles. The third-order valence-electron chi connectivity index (χ3n) is 7.68. The fraction of sp³-hybridized carbons (Fsp3) is 0.440. The van der Waals surface area contributed by atoms with Gasteiger partial charge in [-0.15, -0.1) is 5.10 Å². The SMILES string of the molecule is CCOC(=O)[C@H]1[C@H]2CC[C@H](CC2)[C@@H]1Nc1nc(-c2cn(SI)c3ncc(F)cc23)nn2cc(CO)cc12. The molecule has 194 valence electrons. The number of carbonyl (C=O) groups is 1. The minimum Gasteiger partial charge on any atom is -0.466 e. The zero-order chi connectivity index (χ0) is 25.7. The highest BCUT2D eigenvalue weighted by Gasteiger charge is 2.48. The molecule has 0 spiro atoms. The molecule has 0 amide bonds. The van der Waals surface area contributed by atoms with Gasteiger partial charge in [-0.1, -0.05) is 0 Å². The van der Waals surface area contributed by atoms with E-state index >= 15 is 0 Å². The van der Waals surface area contributed by atoms with Crippen molar-refractivity contribution in [2.75, 3.05) is 11.9 Å². The molecule has 4 heterocycles. The van der Waals surface area contributed by atoms with Gasteiger partial charge in [0.15, 0.2) is 17.3 Å². The molecule has 0 aromatic carbocycles. The number of pyridine rings is 1. The fourth-order valence-electron chi connectivity index (χ4n) is 6.04. The van der Waals surface area contributed by atoms with Crippen molar-refractivity contribution in [3.63, 3.8) is 0 Å². The van der Waals surface area contributed by atoms with Crippen LogP contribution in [0.15, 0.2) is 30.7 Å². The van der Waals surface area contributed by atoms with Crippen LogP contribution in [0.2, 0.25) is 0 Å². The van der Waals surface area contributed by atoms with Crippen molar-refractivity contribution in [2.45, 2.75) is 45.3 Å². The van der Waals surface area contributed by atoms with Crippen molar-refractivity contribution < 1.29 is 19.0 Å². The third kappa shape index (κ3) is 4.36. The third-order valence-corrected chi connectivity index (χ3v) is 9.38. The number of nitrogens with one attached hydrogen (secondary N) is 1. The van der Waals surface area contributed by atoms with Gasteiger partial charge >= 0.3 is 5.97 Å². The molecule has 0 saturated heterocycles. The van der Waals surface area contributed by atoms with Crippen LogP contribution in [0.1, 0.15) is 38.2 Å². The van der Waals surface area contributed by atoms with E-state index in [1.165, 1.54) is 21.4 Å². The first kappa shape index (κ1) is 24.9. The van der Waals surface area contributed by atoms with E-state index in [1.54, 1.807) is 10.7 Å². The van der Waals surface area contributed by atoms with Crippen LogP contribution in [0.4, 0.5) is 10.2 Å². The molecule has 2 atom stereocenters. The van der Waals surface area contributed by atoms with Crippen molar-refractivity contribution in [1.29, 1.82) is 0 Å². The standard InChI is InChI=1S/C25H26FIN6O3S/c1-2-36-25(35)20-14-3-5-15(6-4-14)21(20)29-23-19-7-13(12-34)10-32(19)31-22(30-23)18-11-33(37-27)24-17(18)8-16(26)9-28-24/h7-11,14-15,20-21,34H,2-6,12H2,1H3,(H,29,30,31)/t14-,15+,20-,21-/m0/s1. The predicted octanol–water partition coefficient (Wildman–Crippen LogP) is 5.00. The van der Waals surface area contributed by atoms with Crippen molar-refractivity contribution in [2.24, 2.45) is 17.8 Å². The van der Waals surface area contributed by atoms with Crippen LogP contribution in [-0.2, 0) is 16.1 Å².